The zero-order valence-electron chi connectivity index (χ0n) is 16.9. The van der Waals surface area contributed by atoms with Gasteiger partial charge in [-0.15, -0.1) is 10.2 Å². The van der Waals surface area contributed by atoms with E-state index >= 15 is 0 Å². The number of ether oxygens (including phenoxy) is 1. The minimum atomic E-state index is -0.908. The van der Waals surface area contributed by atoms with Crippen LogP contribution in [0.5, 0.6) is 5.75 Å². The van der Waals surface area contributed by atoms with Crippen LogP contribution in [0.15, 0.2) is 42.5 Å². The molecule has 3 heterocycles. The number of hydrogen-bond donors (Lipinski definition) is 3. The number of H-pyrrole nitrogens is 2. The van der Waals surface area contributed by atoms with E-state index in [-0.39, 0.29) is 18.3 Å². The number of carbonyl (C=O) groups excluding carboxylic acids is 2. The number of hydrogen-bond acceptors (Lipinski definition) is 6. The Hall–Kier alpha value is -3.92. The summed E-state index contributed by atoms with van der Waals surface area (Å²) < 4.78 is 5.83. The number of likely N-dealkylation sites (N-methyl/N-ethyl adjacent to an activating group) is 1. The first kappa shape index (κ1) is 20.0. The Morgan fingerprint density at radius 2 is 2.09 bits per heavy atom. The quantitative estimate of drug-likeness (QED) is 0.435. The minimum absolute atomic E-state index is 0.0271. The summed E-state index contributed by atoms with van der Waals surface area (Å²) in [7, 11) is 1.61. The summed E-state index contributed by atoms with van der Waals surface area (Å²) >= 11 is 6.10. The molecule has 162 valence electrons. The molecule has 0 radical (unpaired) electrons. The third kappa shape index (κ3) is 3.65. The lowest BCUT2D eigenvalue weighted by molar-refractivity contribution is -0.120. The zero-order valence-corrected chi connectivity index (χ0v) is 17.7. The molecule has 0 bridgehead atoms. The van der Waals surface area contributed by atoms with Crippen molar-refractivity contribution in [3.8, 4) is 5.75 Å². The Labute approximate surface area is 186 Å². The number of halogens is 1. The molecule has 11 heteroatoms. The third-order valence-corrected chi connectivity index (χ3v) is 5.55. The number of aromatic nitrogens is 5. The number of amides is 2. The van der Waals surface area contributed by atoms with Crippen molar-refractivity contribution in [1.82, 2.24) is 30.7 Å². The average molecular weight is 452 g/mol. The highest BCUT2D eigenvalue weighted by Gasteiger charge is 2.32. The average Bonchev–Trinajstić information content (AvgIpc) is 3.39. The van der Waals surface area contributed by atoms with E-state index in [4.69, 9.17) is 16.3 Å². The van der Waals surface area contributed by atoms with Gasteiger partial charge >= 0.3 is 0 Å². The smallest absolute Gasteiger partial charge is 0.289 e. The second kappa shape index (κ2) is 7.97. The second-order valence-corrected chi connectivity index (χ2v) is 7.75. The van der Waals surface area contributed by atoms with Crippen LogP contribution in [0.25, 0.3) is 10.9 Å². The summed E-state index contributed by atoms with van der Waals surface area (Å²) in [4.78, 5) is 30.1. The molecule has 1 aliphatic rings. The summed E-state index contributed by atoms with van der Waals surface area (Å²) in [6.45, 7) is -0.0414. The van der Waals surface area contributed by atoms with Gasteiger partial charge in [0.2, 0.25) is 5.82 Å². The van der Waals surface area contributed by atoms with Crippen LogP contribution in [-0.4, -0.2) is 56.9 Å². The van der Waals surface area contributed by atoms with Crippen molar-refractivity contribution in [3.05, 3.63) is 64.8 Å². The maximum atomic E-state index is 13.0. The van der Waals surface area contributed by atoms with Crippen molar-refractivity contribution in [3.63, 3.8) is 0 Å². The lowest BCUT2D eigenvalue weighted by Gasteiger charge is -2.20. The molecule has 2 aromatic heterocycles. The molecular formula is C21H18ClN7O3. The van der Waals surface area contributed by atoms with E-state index in [0.717, 1.165) is 5.56 Å². The zero-order chi connectivity index (χ0) is 22.2. The number of fused-ring (bicyclic) bond motifs is 2. The molecular weight excluding hydrogens is 434 g/mol. The Bertz CT molecular complexity index is 1320. The lowest BCUT2D eigenvalue weighted by atomic mass is 10.1. The minimum Gasteiger partial charge on any atom is -0.489 e. The van der Waals surface area contributed by atoms with Gasteiger partial charge in [-0.25, -0.2) is 0 Å². The van der Waals surface area contributed by atoms with Crippen LogP contribution in [0.3, 0.4) is 0 Å². The Morgan fingerprint density at radius 1 is 1.28 bits per heavy atom. The highest BCUT2D eigenvalue weighted by atomic mass is 35.5. The molecule has 0 saturated heterocycles. The van der Waals surface area contributed by atoms with E-state index in [9.17, 15) is 9.59 Å². The van der Waals surface area contributed by atoms with E-state index in [1.807, 2.05) is 30.3 Å². The van der Waals surface area contributed by atoms with Crippen LogP contribution in [0.4, 0.5) is 5.69 Å². The van der Waals surface area contributed by atoms with Crippen molar-refractivity contribution < 1.29 is 14.3 Å². The molecule has 2 amide bonds. The van der Waals surface area contributed by atoms with Crippen molar-refractivity contribution in [2.75, 3.05) is 18.6 Å². The van der Waals surface area contributed by atoms with Crippen LogP contribution in [0.2, 0.25) is 5.15 Å². The maximum Gasteiger partial charge on any atom is 0.289 e. The van der Waals surface area contributed by atoms with Gasteiger partial charge in [0.05, 0.1) is 11.2 Å². The van der Waals surface area contributed by atoms with E-state index in [0.29, 0.717) is 39.7 Å². The fraction of sp³-hybridized carbons (Fsp3) is 0.190. The van der Waals surface area contributed by atoms with Gasteiger partial charge in [0, 0.05) is 24.9 Å². The summed E-state index contributed by atoms with van der Waals surface area (Å²) in [6.07, 6.45) is 0.509. The molecule has 32 heavy (non-hydrogen) atoms. The topological polar surface area (TPSA) is 129 Å². The molecule has 5 rings (SSSR count). The molecule has 0 saturated carbocycles. The van der Waals surface area contributed by atoms with E-state index < -0.39 is 11.9 Å². The van der Waals surface area contributed by atoms with Gasteiger partial charge in [-0.3, -0.25) is 14.7 Å². The van der Waals surface area contributed by atoms with Gasteiger partial charge in [0.15, 0.2) is 5.15 Å². The summed E-state index contributed by atoms with van der Waals surface area (Å²) in [5.74, 6) is 0.182. The van der Waals surface area contributed by atoms with Gasteiger partial charge in [0.1, 0.15) is 24.2 Å². The van der Waals surface area contributed by atoms with Gasteiger partial charge in [-0.05, 0) is 11.6 Å². The predicted molar refractivity (Wildman–Crippen MR) is 117 cm³/mol. The normalized spacial score (nSPS) is 15.9. The summed E-state index contributed by atoms with van der Waals surface area (Å²) in [6, 6.07) is 12.2. The Morgan fingerprint density at radius 3 is 2.91 bits per heavy atom. The number of nitrogens with zero attached hydrogens (tertiary/aromatic N) is 4. The predicted octanol–water partition coefficient (Wildman–Crippen LogP) is 2.08. The van der Waals surface area contributed by atoms with Crippen LogP contribution < -0.4 is 15.0 Å². The first-order chi connectivity index (χ1) is 15.5. The van der Waals surface area contributed by atoms with Crippen LogP contribution in [-0.2, 0) is 11.2 Å². The molecule has 0 aliphatic carbocycles. The number of aromatic amines is 2. The first-order valence-electron chi connectivity index (χ1n) is 9.84. The lowest BCUT2D eigenvalue weighted by Crippen LogP contribution is -2.49. The first-order valence-corrected chi connectivity index (χ1v) is 10.2. The highest BCUT2D eigenvalue weighted by molar-refractivity contribution is 6.34. The van der Waals surface area contributed by atoms with Crippen LogP contribution in [0.1, 0.15) is 22.0 Å². The standard InChI is InChI=1S/C21H18ClN7O3/c1-29-15-8-12-13(25-27-18(12)22)9-16(15)32-10-14(21(29)31)23-20(30)19-24-17(26-28-19)7-11-5-3-2-4-6-11/h2-6,8-9,14H,7,10H2,1H3,(H,23,30)(H,25,27)(H,24,26,28)/t14-/m0/s1. The number of benzene rings is 2. The molecule has 4 aromatic rings. The Kier molecular flexibility index (Phi) is 4.98. The molecule has 3 N–H and O–H groups in total. The largest absolute Gasteiger partial charge is 0.489 e. The van der Waals surface area contributed by atoms with Crippen LogP contribution in [0, 0.1) is 0 Å². The Balaban J connectivity index is 1.32. The molecule has 2 aromatic carbocycles. The summed E-state index contributed by atoms with van der Waals surface area (Å²) in [5, 5.41) is 18.4. The molecule has 1 aliphatic heterocycles. The molecule has 0 fully saturated rings. The summed E-state index contributed by atoms with van der Waals surface area (Å²) in [5.41, 5.74) is 2.26. The van der Waals surface area contributed by atoms with Gasteiger partial charge < -0.3 is 19.9 Å². The van der Waals surface area contributed by atoms with Crippen molar-refractivity contribution in [1.29, 1.82) is 0 Å². The van der Waals surface area contributed by atoms with E-state index in [1.165, 1.54) is 4.90 Å². The SMILES string of the molecule is CN1C(=O)[C@@H](NC(=O)c2nnc(Cc3ccccc3)[nH]2)COc2cc3[nH]nc(Cl)c3cc21. The van der Waals surface area contributed by atoms with Crippen molar-refractivity contribution in [2.24, 2.45) is 0 Å². The maximum absolute atomic E-state index is 13.0. The fourth-order valence-electron chi connectivity index (χ4n) is 3.57. The second-order valence-electron chi connectivity index (χ2n) is 7.40. The monoisotopic (exact) mass is 451 g/mol. The van der Waals surface area contributed by atoms with Gasteiger partial charge in [-0.1, -0.05) is 41.9 Å². The molecule has 1 atom stereocenters. The number of nitrogens with one attached hydrogen (secondary N) is 3. The van der Waals surface area contributed by atoms with Gasteiger partial charge in [-0.2, -0.15) is 5.10 Å². The third-order valence-electron chi connectivity index (χ3n) is 5.26. The highest BCUT2D eigenvalue weighted by Crippen LogP contribution is 2.36. The van der Waals surface area contributed by atoms with Crippen LogP contribution >= 0.6 is 11.6 Å². The number of rotatable bonds is 4. The van der Waals surface area contributed by atoms with E-state index in [2.05, 4.69) is 30.7 Å². The van der Waals surface area contributed by atoms with E-state index in [1.54, 1.807) is 19.2 Å². The molecule has 10 nitrogen and oxygen atoms in total. The fourth-order valence-corrected chi connectivity index (χ4v) is 3.77. The number of carbonyl (C=O) groups is 2. The number of anilines is 1. The molecule has 0 spiro atoms. The van der Waals surface area contributed by atoms with Crippen molar-refractivity contribution in [2.45, 2.75) is 12.5 Å². The van der Waals surface area contributed by atoms with Gasteiger partial charge in [0.25, 0.3) is 11.8 Å². The molecule has 0 unspecified atom stereocenters. The van der Waals surface area contributed by atoms with Crippen molar-refractivity contribution >= 4 is 40.0 Å².